The van der Waals surface area contributed by atoms with Crippen LogP contribution in [-0.2, 0) is 0 Å². The highest BCUT2D eigenvalue weighted by molar-refractivity contribution is 6.15. The van der Waals surface area contributed by atoms with E-state index in [1.807, 2.05) is 12.1 Å². The van der Waals surface area contributed by atoms with E-state index in [4.69, 9.17) is 8.83 Å². The van der Waals surface area contributed by atoms with Crippen molar-refractivity contribution < 1.29 is 8.83 Å². The number of aromatic nitrogens is 1. The zero-order valence-electron chi connectivity index (χ0n) is 30.2. The molecule has 0 spiro atoms. The normalized spacial score (nSPS) is 11.9. The van der Waals surface area contributed by atoms with Gasteiger partial charge < -0.3 is 18.3 Å². The van der Waals surface area contributed by atoms with Gasteiger partial charge in [0.25, 0.3) is 0 Å². The fourth-order valence-electron chi connectivity index (χ4n) is 8.81. The molecule has 12 aromatic rings. The topological polar surface area (TPSA) is 34.5 Å². The van der Waals surface area contributed by atoms with E-state index in [1.54, 1.807) is 0 Å². The number of hydrogen-bond acceptors (Lipinski definition) is 3. The Labute approximate surface area is 321 Å². The van der Waals surface area contributed by atoms with Gasteiger partial charge >= 0.3 is 0 Å². The van der Waals surface area contributed by atoms with Crippen molar-refractivity contribution in [1.82, 2.24) is 4.57 Å². The van der Waals surface area contributed by atoms with Gasteiger partial charge in [-0.3, -0.25) is 0 Å². The number of benzene rings is 9. The molecule has 0 fully saturated rings. The Hall–Kier alpha value is -7.56. The summed E-state index contributed by atoms with van der Waals surface area (Å²) < 4.78 is 15.8. The molecular weight excluding hydrogens is 685 g/mol. The fraction of sp³-hybridized carbons (Fsp3) is 0. The molecule has 12 rings (SSSR count). The van der Waals surface area contributed by atoms with Crippen LogP contribution in [0.4, 0.5) is 17.1 Å². The molecule has 0 bridgehead atoms. The summed E-state index contributed by atoms with van der Waals surface area (Å²) in [5, 5.41) is 9.27. The van der Waals surface area contributed by atoms with Crippen molar-refractivity contribution >= 4 is 93.5 Å². The highest BCUT2D eigenvalue weighted by Crippen LogP contribution is 2.45. The van der Waals surface area contributed by atoms with Crippen molar-refractivity contribution in [2.24, 2.45) is 0 Å². The SMILES string of the molecule is c1ccc2cc(-c3ccc(N(c4ccc5c(c4)oc4cccc(-n6c7ccccc7c7ccccc76)c45)c4cccc5c4oc4ccccc45)cc3)ccc2c1. The largest absolute Gasteiger partial charge is 0.456 e. The van der Waals surface area contributed by atoms with E-state index < -0.39 is 0 Å². The van der Waals surface area contributed by atoms with E-state index >= 15 is 0 Å². The Bertz CT molecular complexity index is 3440. The van der Waals surface area contributed by atoms with Gasteiger partial charge in [0.1, 0.15) is 16.7 Å². The molecule has 56 heavy (non-hydrogen) atoms. The van der Waals surface area contributed by atoms with Gasteiger partial charge in [0.05, 0.1) is 33.5 Å². The Kier molecular flexibility index (Phi) is 6.60. The molecule has 3 heterocycles. The molecule has 0 saturated heterocycles. The first-order valence-corrected chi connectivity index (χ1v) is 19.0. The van der Waals surface area contributed by atoms with Crippen molar-refractivity contribution in [3.63, 3.8) is 0 Å². The van der Waals surface area contributed by atoms with Gasteiger partial charge in [-0.05, 0) is 88.6 Å². The number of rotatable bonds is 5. The van der Waals surface area contributed by atoms with Crippen molar-refractivity contribution in [1.29, 1.82) is 0 Å². The third-order valence-electron chi connectivity index (χ3n) is 11.4. The van der Waals surface area contributed by atoms with Crippen LogP contribution in [0.1, 0.15) is 0 Å². The Morgan fingerprint density at radius 3 is 1.84 bits per heavy atom. The summed E-state index contributed by atoms with van der Waals surface area (Å²) in [6, 6.07) is 68.9. The third kappa shape index (κ3) is 4.60. The first-order chi connectivity index (χ1) is 27.8. The number of anilines is 3. The number of hydrogen-bond donors (Lipinski definition) is 0. The summed E-state index contributed by atoms with van der Waals surface area (Å²) in [7, 11) is 0. The summed E-state index contributed by atoms with van der Waals surface area (Å²) in [6.45, 7) is 0. The van der Waals surface area contributed by atoms with Gasteiger partial charge in [-0.1, -0.05) is 121 Å². The second-order valence-corrected chi connectivity index (χ2v) is 14.5. The molecule has 0 aliphatic heterocycles. The quantitative estimate of drug-likeness (QED) is 0.178. The molecule has 0 N–H and O–H groups in total. The first-order valence-electron chi connectivity index (χ1n) is 19.0. The first kappa shape index (κ1) is 30.9. The van der Waals surface area contributed by atoms with Crippen LogP contribution in [0.15, 0.2) is 203 Å². The summed E-state index contributed by atoms with van der Waals surface area (Å²) >= 11 is 0. The maximum absolute atomic E-state index is 6.76. The lowest BCUT2D eigenvalue weighted by Crippen LogP contribution is -2.10. The standard InChI is InChI=1S/C52H32N2O2/c1-2-12-35-31-36(24-23-33(35)11-1)34-25-27-37(28-26-34)53(47-20-9-16-42-41-15-5-8-21-48(41)56-52(42)47)38-29-30-43-50(32-38)55-49-22-10-19-46(51(43)49)54-44-17-6-3-13-39(44)40-14-4-7-18-45(40)54/h1-32H. The predicted octanol–water partition coefficient (Wildman–Crippen LogP) is 14.9. The van der Waals surface area contributed by atoms with E-state index in [0.717, 1.165) is 72.2 Å². The molecular formula is C52H32N2O2. The molecule has 4 nitrogen and oxygen atoms in total. The average Bonchev–Trinajstić information content (AvgIpc) is 3.94. The van der Waals surface area contributed by atoms with Gasteiger partial charge in [0.2, 0.25) is 0 Å². The van der Waals surface area contributed by atoms with Crippen LogP contribution >= 0.6 is 0 Å². The van der Waals surface area contributed by atoms with E-state index in [0.29, 0.717) is 0 Å². The number of para-hydroxylation sites is 4. The maximum atomic E-state index is 6.76. The highest BCUT2D eigenvalue weighted by Gasteiger charge is 2.22. The molecule has 3 aromatic heterocycles. The number of furan rings is 2. The summed E-state index contributed by atoms with van der Waals surface area (Å²) in [5.41, 5.74) is 12.1. The molecule has 0 radical (unpaired) electrons. The lowest BCUT2D eigenvalue weighted by atomic mass is 10.0. The second kappa shape index (κ2) is 12.0. The fourth-order valence-corrected chi connectivity index (χ4v) is 8.81. The third-order valence-corrected chi connectivity index (χ3v) is 11.4. The van der Waals surface area contributed by atoms with Crippen molar-refractivity contribution in [2.75, 3.05) is 4.90 Å². The molecule has 0 amide bonds. The van der Waals surface area contributed by atoms with Crippen molar-refractivity contribution in [2.45, 2.75) is 0 Å². The molecule has 0 unspecified atom stereocenters. The maximum Gasteiger partial charge on any atom is 0.159 e. The van der Waals surface area contributed by atoms with E-state index in [1.165, 1.54) is 38.1 Å². The molecule has 0 saturated carbocycles. The molecule has 0 aliphatic rings. The lowest BCUT2D eigenvalue weighted by molar-refractivity contribution is 0.667. The van der Waals surface area contributed by atoms with Crippen molar-refractivity contribution in [3.8, 4) is 16.8 Å². The minimum atomic E-state index is 0.820. The molecule has 9 aromatic carbocycles. The lowest BCUT2D eigenvalue weighted by Gasteiger charge is -2.25. The van der Waals surface area contributed by atoms with Gasteiger partial charge in [-0.2, -0.15) is 0 Å². The van der Waals surface area contributed by atoms with E-state index in [9.17, 15) is 0 Å². The summed E-state index contributed by atoms with van der Waals surface area (Å²) in [6.07, 6.45) is 0. The molecule has 0 aliphatic carbocycles. The van der Waals surface area contributed by atoms with Crippen LogP contribution < -0.4 is 4.90 Å². The van der Waals surface area contributed by atoms with Crippen LogP contribution in [0.3, 0.4) is 0 Å². The van der Waals surface area contributed by atoms with Gasteiger partial charge in [0.15, 0.2) is 5.58 Å². The molecule has 262 valence electrons. The smallest absolute Gasteiger partial charge is 0.159 e. The number of fused-ring (bicyclic) bond motifs is 10. The van der Waals surface area contributed by atoms with E-state index in [-0.39, 0.29) is 0 Å². The predicted molar refractivity (Wildman–Crippen MR) is 233 cm³/mol. The minimum Gasteiger partial charge on any atom is -0.456 e. The second-order valence-electron chi connectivity index (χ2n) is 14.5. The monoisotopic (exact) mass is 716 g/mol. The zero-order valence-corrected chi connectivity index (χ0v) is 30.2. The summed E-state index contributed by atoms with van der Waals surface area (Å²) in [5.74, 6) is 0. The number of nitrogens with zero attached hydrogens (tertiary/aromatic N) is 2. The van der Waals surface area contributed by atoms with Crippen molar-refractivity contribution in [3.05, 3.63) is 194 Å². The summed E-state index contributed by atoms with van der Waals surface area (Å²) in [4.78, 5) is 2.29. The Balaban J connectivity index is 1.05. The Morgan fingerprint density at radius 1 is 0.375 bits per heavy atom. The zero-order chi connectivity index (χ0) is 36.7. The van der Waals surface area contributed by atoms with Crippen LogP contribution in [-0.4, -0.2) is 4.57 Å². The van der Waals surface area contributed by atoms with Crippen LogP contribution in [0.2, 0.25) is 0 Å². The molecule has 0 atom stereocenters. The van der Waals surface area contributed by atoms with Gasteiger partial charge in [-0.25, -0.2) is 0 Å². The van der Waals surface area contributed by atoms with E-state index in [2.05, 4.69) is 191 Å². The van der Waals surface area contributed by atoms with Crippen LogP contribution in [0, 0.1) is 0 Å². The average molecular weight is 717 g/mol. The minimum absolute atomic E-state index is 0.820. The van der Waals surface area contributed by atoms with Gasteiger partial charge in [-0.15, -0.1) is 0 Å². The van der Waals surface area contributed by atoms with Crippen LogP contribution in [0.5, 0.6) is 0 Å². The molecule has 4 heteroatoms. The highest BCUT2D eigenvalue weighted by atomic mass is 16.3. The van der Waals surface area contributed by atoms with Gasteiger partial charge in [0, 0.05) is 38.7 Å². The van der Waals surface area contributed by atoms with Crippen LogP contribution in [0.25, 0.3) is 93.3 Å². The Morgan fingerprint density at radius 2 is 1.02 bits per heavy atom.